The summed E-state index contributed by atoms with van der Waals surface area (Å²) in [5, 5.41) is 11.9. The maximum atomic E-state index is 12.1. The van der Waals surface area contributed by atoms with Gasteiger partial charge in [-0.1, -0.05) is 13.0 Å². The molecule has 0 aliphatic heterocycles. The number of H-pyrrole nitrogens is 2. The lowest BCUT2D eigenvalue weighted by molar-refractivity contribution is 0.593. The maximum absolute atomic E-state index is 12.1. The summed E-state index contributed by atoms with van der Waals surface area (Å²) in [6.07, 6.45) is 0.105. The van der Waals surface area contributed by atoms with Gasteiger partial charge in [-0.15, -0.1) is 0 Å². The molecule has 1 unspecified atom stereocenters. The standard InChI is InChI=1S/C12H12N4O4S/c1-2-7(6-13)21(19,20)16-9-5-3-4-8-10(9)12(18)15-14-11(8)17/h3-5,7,16H,2H2,1H3,(H,14,17)(H,15,18). The number of fused-ring (bicyclic) bond motifs is 1. The second kappa shape index (κ2) is 5.41. The van der Waals surface area contributed by atoms with Gasteiger partial charge in [0.05, 0.1) is 22.5 Å². The molecule has 3 N–H and O–H groups in total. The van der Waals surface area contributed by atoms with Gasteiger partial charge in [-0.25, -0.2) is 8.42 Å². The van der Waals surface area contributed by atoms with Gasteiger partial charge in [0.2, 0.25) is 10.0 Å². The molecule has 0 spiro atoms. The fourth-order valence-corrected chi connectivity index (χ4v) is 3.12. The predicted molar refractivity (Wildman–Crippen MR) is 77.4 cm³/mol. The Hall–Kier alpha value is -2.60. The summed E-state index contributed by atoms with van der Waals surface area (Å²) in [5.74, 6) is 0. The second-order valence-corrected chi connectivity index (χ2v) is 6.17. The Labute approximate surface area is 119 Å². The molecule has 1 aromatic heterocycles. The minimum atomic E-state index is -3.97. The van der Waals surface area contributed by atoms with Crippen molar-refractivity contribution in [1.82, 2.24) is 10.2 Å². The van der Waals surface area contributed by atoms with E-state index in [2.05, 4.69) is 14.9 Å². The van der Waals surface area contributed by atoms with Crippen molar-refractivity contribution in [3.63, 3.8) is 0 Å². The van der Waals surface area contributed by atoms with Gasteiger partial charge in [-0.05, 0) is 18.6 Å². The Balaban J connectivity index is 2.65. The van der Waals surface area contributed by atoms with E-state index in [-0.39, 0.29) is 22.9 Å². The van der Waals surface area contributed by atoms with Crippen molar-refractivity contribution < 1.29 is 8.42 Å². The average Bonchev–Trinajstić information content (AvgIpc) is 2.43. The summed E-state index contributed by atoms with van der Waals surface area (Å²) in [6.45, 7) is 1.56. The van der Waals surface area contributed by atoms with Crippen LogP contribution in [0.2, 0.25) is 0 Å². The van der Waals surface area contributed by atoms with Crippen molar-refractivity contribution in [2.75, 3.05) is 4.72 Å². The molecule has 2 aromatic rings. The van der Waals surface area contributed by atoms with E-state index in [0.717, 1.165) is 0 Å². The number of nitriles is 1. The van der Waals surface area contributed by atoms with Gasteiger partial charge < -0.3 is 0 Å². The molecule has 2 rings (SSSR count). The number of sulfonamides is 1. The number of anilines is 1. The first-order valence-electron chi connectivity index (χ1n) is 6.05. The number of nitrogens with zero attached hydrogens (tertiary/aromatic N) is 1. The number of aromatic amines is 2. The van der Waals surface area contributed by atoms with Crippen LogP contribution in [0.15, 0.2) is 27.8 Å². The fourth-order valence-electron chi connectivity index (χ4n) is 1.92. The van der Waals surface area contributed by atoms with E-state index in [9.17, 15) is 18.0 Å². The Morgan fingerprint density at radius 3 is 2.57 bits per heavy atom. The van der Waals surface area contributed by atoms with Gasteiger partial charge in [0.15, 0.2) is 5.25 Å². The monoisotopic (exact) mass is 308 g/mol. The minimum Gasteiger partial charge on any atom is -0.282 e. The highest BCUT2D eigenvalue weighted by Gasteiger charge is 2.24. The number of benzene rings is 1. The van der Waals surface area contributed by atoms with Gasteiger partial charge >= 0.3 is 0 Å². The lowest BCUT2D eigenvalue weighted by atomic mass is 10.2. The molecular weight excluding hydrogens is 296 g/mol. The first-order valence-corrected chi connectivity index (χ1v) is 7.60. The molecule has 8 nitrogen and oxygen atoms in total. The summed E-state index contributed by atoms with van der Waals surface area (Å²) in [4.78, 5) is 23.5. The highest BCUT2D eigenvalue weighted by molar-refractivity contribution is 7.93. The van der Waals surface area contributed by atoms with Crippen molar-refractivity contribution in [2.45, 2.75) is 18.6 Å². The van der Waals surface area contributed by atoms with Crippen molar-refractivity contribution in [2.24, 2.45) is 0 Å². The molecule has 0 aliphatic carbocycles. The van der Waals surface area contributed by atoms with Crippen LogP contribution in [0.4, 0.5) is 5.69 Å². The molecule has 0 bridgehead atoms. The first kappa shape index (κ1) is 14.8. The van der Waals surface area contributed by atoms with E-state index in [1.807, 2.05) is 0 Å². The van der Waals surface area contributed by atoms with Gasteiger partial charge in [0.1, 0.15) is 0 Å². The van der Waals surface area contributed by atoms with E-state index in [1.165, 1.54) is 18.2 Å². The topological polar surface area (TPSA) is 136 Å². The predicted octanol–water partition coefficient (Wildman–Crippen LogP) is 0.260. The van der Waals surface area contributed by atoms with Crippen LogP contribution < -0.4 is 15.8 Å². The molecule has 9 heteroatoms. The number of nitrogens with one attached hydrogen (secondary N) is 3. The van der Waals surface area contributed by atoms with Gasteiger partial charge in [0.25, 0.3) is 11.1 Å². The van der Waals surface area contributed by atoms with Crippen LogP contribution in [0.5, 0.6) is 0 Å². The normalized spacial score (nSPS) is 12.8. The minimum absolute atomic E-state index is 0.0337. The Morgan fingerprint density at radius 1 is 1.29 bits per heavy atom. The van der Waals surface area contributed by atoms with E-state index >= 15 is 0 Å². The lowest BCUT2D eigenvalue weighted by Gasteiger charge is -2.12. The zero-order chi connectivity index (χ0) is 15.6. The summed E-state index contributed by atoms with van der Waals surface area (Å²) < 4.78 is 26.3. The second-order valence-electron chi connectivity index (χ2n) is 4.31. The van der Waals surface area contributed by atoms with Crippen molar-refractivity contribution >= 4 is 26.5 Å². The van der Waals surface area contributed by atoms with Crippen LogP contribution in [-0.4, -0.2) is 23.9 Å². The van der Waals surface area contributed by atoms with Crippen LogP contribution in [-0.2, 0) is 10.0 Å². The highest BCUT2D eigenvalue weighted by atomic mass is 32.2. The van der Waals surface area contributed by atoms with E-state index in [0.29, 0.717) is 0 Å². The molecule has 0 radical (unpaired) electrons. The largest absolute Gasteiger partial charge is 0.282 e. The first-order chi connectivity index (χ1) is 9.90. The van der Waals surface area contributed by atoms with Crippen LogP contribution in [0, 0.1) is 11.3 Å². The van der Waals surface area contributed by atoms with Crippen molar-refractivity contribution in [3.05, 3.63) is 38.9 Å². The summed E-state index contributed by atoms with van der Waals surface area (Å²) in [5.41, 5.74) is -1.21. The van der Waals surface area contributed by atoms with E-state index < -0.39 is 26.4 Å². The van der Waals surface area contributed by atoms with E-state index in [1.54, 1.807) is 13.0 Å². The molecular formula is C12H12N4O4S. The van der Waals surface area contributed by atoms with E-state index in [4.69, 9.17) is 5.26 Å². The number of hydrogen-bond acceptors (Lipinski definition) is 5. The SMILES string of the molecule is CCC(C#N)S(=O)(=O)Nc1cccc2c(=O)[nH][nH]c(=O)c12. The Kier molecular flexibility index (Phi) is 3.82. The fraction of sp³-hybridized carbons (Fsp3) is 0.250. The third-order valence-corrected chi connectivity index (χ3v) is 4.66. The molecule has 1 aromatic carbocycles. The third-order valence-electron chi connectivity index (χ3n) is 2.97. The molecule has 1 atom stereocenters. The number of rotatable bonds is 4. The van der Waals surface area contributed by atoms with Crippen molar-refractivity contribution in [3.8, 4) is 6.07 Å². The third kappa shape index (κ3) is 2.66. The summed E-state index contributed by atoms with van der Waals surface area (Å²) in [6, 6.07) is 5.89. The Morgan fingerprint density at radius 2 is 1.95 bits per heavy atom. The van der Waals surface area contributed by atoms with Gasteiger partial charge in [0, 0.05) is 0 Å². The zero-order valence-electron chi connectivity index (χ0n) is 11.0. The number of aromatic nitrogens is 2. The smallest absolute Gasteiger partial charge is 0.272 e. The maximum Gasteiger partial charge on any atom is 0.272 e. The molecule has 0 amide bonds. The molecule has 21 heavy (non-hydrogen) atoms. The molecule has 0 saturated heterocycles. The van der Waals surface area contributed by atoms with Crippen LogP contribution in [0.1, 0.15) is 13.3 Å². The Bertz CT molecular complexity index is 936. The molecule has 0 saturated carbocycles. The highest BCUT2D eigenvalue weighted by Crippen LogP contribution is 2.20. The van der Waals surface area contributed by atoms with Gasteiger partial charge in [-0.3, -0.25) is 24.5 Å². The molecule has 0 fully saturated rings. The summed E-state index contributed by atoms with van der Waals surface area (Å²) in [7, 11) is -3.97. The van der Waals surface area contributed by atoms with Crippen molar-refractivity contribution in [1.29, 1.82) is 5.26 Å². The quantitative estimate of drug-likeness (QED) is 0.744. The molecule has 0 aliphatic rings. The van der Waals surface area contributed by atoms with Crippen LogP contribution in [0.3, 0.4) is 0 Å². The van der Waals surface area contributed by atoms with Crippen LogP contribution >= 0.6 is 0 Å². The average molecular weight is 308 g/mol. The summed E-state index contributed by atoms with van der Waals surface area (Å²) >= 11 is 0. The zero-order valence-corrected chi connectivity index (χ0v) is 11.8. The van der Waals surface area contributed by atoms with Crippen LogP contribution in [0.25, 0.3) is 10.8 Å². The van der Waals surface area contributed by atoms with Gasteiger partial charge in [-0.2, -0.15) is 5.26 Å². The molecule has 1 heterocycles. The number of hydrogen-bond donors (Lipinski definition) is 3. The molecule has 110 valence electrons. The lowest BCUT2D eigenvalue weighted by Crippen LogP contribution is -2.27.